The van der Waals surface area contributed by atoms with Gasteiger partial charge in [0.25, 0.3) is 5.56 Å². The molecule has 1 aliphatic rings. The predicted molar refractivity (Wildman–Crippen MR) is 58.1 cm³/mol. The number of rotatable bonds is 1. The van der Waals surface area contributed by atoms with Crippen LogP contribution in [0.1, 0.15) is 37.3 Å². The van der Waals surface area contributed by atoms with Gasteiger partial charge in [-0.05, 0) is 18.8 Å². The standard InChI is InChI=1S/C11H16N2O2/c1-12-9(8-5-3-4-6-8)7-10(14)13(2)11(12)15/h7-8H,3-6H2,1-2H3. The second kappa shape index (κ2) is 3.68. The van der Waals surface area contributed by atoms with Gasteiger partial charge in [-0.3, -0.25) is 9.36 Å². The quantitative estimate of drug-likeness (QED) is 0.683. The second-order valence-corrected chi connectivity index (χ2v) is 4.29. The highest BCUT2D eigenvalue weighted by Crippen LogP contribution is 2.32. The van der Waals surface area contributed by atoms with Crippen molar-refractivity contribution in [2.75, 3.05) is 0 Å². The maximum atomic E-state index is 11.7. The first kappa shape index (κ1) is 10.2. The Morgan fingerprint density at radius 3 is 2.33 bits per heavy atom. The highest BCUT2D eigenvalue weighted by atomic mass is 16.2. The molecule has 15 heavy (non-hydrogen) atoms. The van der Waals surface area contributed by atoms with Crippen LogP contribution in [0.5, 0.6) is 0 Å². The van der Waals surface area contributed by atoms with E-state index in [1.54, 1.807) is 17.7 Å². The van der Waals surface area contributed by atoms with E-state index in [-0.39, 0.29) is 11.2 Å². The third kappa shape index (κ3) is 1.64. The van der Waals surface area contributed by atoms with Crippen LogP contribution in [0.2, 0.25) is 0 Å². The van der Waals surface area contributed by atoms with E-state index >= 15 is 0 Å². The summed E-state index contributed by atoms with van der Waals surface area (Å²) < 4.78 is 2.76. The second-order valence-electron chi connectivity index (χ2n) is 4.29. The molecule has 1 heterocycles. The molecule has 0 atom stereocenters. The Kier molecular flexibility index (Phi) is 2.50. The Balaban J connectivity index is 2.57. The highest BCUT2D eigenvalue weighted by Gasteiger charge is 2.20. The third-order valence-corrected chi connectivity index (χ3v) is 3.34. The van der Waals surface area contributed by atoms with Crippen molar-refractivity contribution in [1.29, 1.82) is 0 Å². The van der Waals surface area contributed by atoms with E-state index < -0.39 is 0 Å². The summed E-state index contributed by atoms with van der Waals surface area (Å²) in [6.45, 7) is 0. The minimum atomic E-state index is -0.218. The van der Waals surface area contributed by atoms with Crippen molar-refractivity contribution in [2.45, 2.75) is 31.6 Å². The summed E-state index contributed by atoms with van der Waals surface area (Å²) in [6.07, 6.45) is 4.60. The van der Waals surface area contributed by atoms with Gasteiger partial charge in [0.15, 0.2) is 0 Å². The minimum Gasteiger partial charge on any atom is -0.300 e. The van der Waals surface area contributed by atoms with Crippen LogP contribution in [0.3, 0.4) is 0 Å². The fourth-order valence-corrected chi connectivity index (χ4v) is 2.36. The van der Waals surface area contributed by atoms with E-state index in [1.807, 2.05) is 0 Å². The molecule has 1 aromatic rings. The van der Waals surface area contributed by atoms with Crippen LogP contribution in [-0.4, -0.2) is 9.13 Å². The van der Waals surface area contributed by atoms with Gasteiger partial charge in [0, 0.05) is 25.9 Å². The molecule has 0 saturated heterocycles. The van der Waals surface area contributed by atoms with E-state index in [4.69, 9.17) is 0 Å². The smallest absolute Gasteiger partial charge is 0.300 e. The van der Waals surface area contributed by atoms with E-state index in [2.05, 4.69) is 0 Å². The average Bonchev–Trinajstić information content (AvgIpc) is 2.73. The van der Waals surface area contributed by atoms with Gasteiger partial charge < -0.3 is 4.57 Å². The first-order valence-electron chi connectivity index (χ1n) is 5.38. The molecule has 0 N–H and O–H groups in total. The van der Waals surface area contributed by atoms with Crippen molar-refractivity contribution in [2.24, 2.45) is 14.1 Å². The molecule has 2 rings (SSSR count). The maximum Gasteiger partial charge on any atom is 0.330 e. The molecule has 4 nitrogen and oxygen atoms in total. The van der Waals surface area contributed by atoms with Crippen molar-refractivity contribution in [3.63, 3.8) is 0 Å². The van der Waals surface area contributed by atoms with Crippen LogP contribution >= 0.6 is 0 Å². The molecule has 0 unspecified atom stereocenters. The molecule has 1 aliphatic carbocycles. The lowest BCUT2D eigenvalue weighted by Crippen LogP contribution is -2.38. The molecule has 0 bridgehead atoms. The fourth-order valence-electron chi connectivity index (χ4n) is 2.36. The first-order chi connectivity index (χ1) is 7.11. The zero-order valence-corrected chi connectivity index (χ0v) is 9.19. The first-order valence-corrected chi connectivity index (χ1v) is 5.38. The molecule has 0 aliphatic heterocycles. The molecular formula is C11H16N2O2. The topological polar surface area (TPSA) is 44.0 Å². The number of nitrogens with zero attached hydrogens (tertiary/aromatic N) is 2. The van der Waals surface area contributed by atoms with Crippen LogP contribution in [0, 0.1) is 0 Å². The summed E-state index contributed by atoms with van der Waals surface area (Å²) in [5.74, 6) is 0.400. The molecule has 1 aromatic heterocycles. The van der Waals surface area contributed by atoms with Crippen LogP contribution in [0.25, 0.3) is 0 Å². The lowest BCUT2D eigenvalue weighted by molar-refractivity contribution is 0.589. The Bertz CT molecular complexity index is 478. The number of hydrogen-bond donors (Lipinski definition) is 0. The van der Waals surface area contributed by atoms with Crippen molar-refractivity contribution in [3.8, 4) is 0 Å². The average molecular weight is 208 g/mol. The van der Waals surface area contributed by atoms with Crippen LogP contribution in [-0.2, 0) is 14.1 Å². The van der Waals surface area contributed by atoms with Crippen molar-refractivity contribution < 1.29 is 0 Å². The maximum absolute atomic E-state index is 11.7. The lowest BCUT2D eigenvalue weighted by atomic mass is 10.0. The summed E-state index contributed by atoms with van der Waals surface area (Å²) >= 11 is 0. The Morgan fingerprint density at radius 2 is 1.73 bits per heavy atom. The number of hydrogen-bond acceptors (Lipinski definition) is 2. The largest absolute Gasteiger partial charge is 0.330 e. The molecular weight excluding hydrogens is 192 g/mol. The predicted octanol–water partition coefficient (Wildman–Crippen LogP) is 0.742. The molecule has 4 heteroatoms. The summed E-state index contributed by atoms with van der Waals surface area (Å²) in [4.78, 5) is 23.2. The zero-order valence-electron chi connectivity index (χ0n) is 9.19. The minimum absolute atomic E-state index is 0.194. The fraction of sp³-hybridized carbons (Fsp3) is 0.636. The lowest BCUT2D eigenvalue weighted by Gasteiger charge is -2.14. The molecule has 0 radical (unpaired) electrons. The third-order valence-electron chi connectivity index (χ3n) is 3.34. The van der Waals surface area contributed by atoms with Gasteiger partial charge >= 0.3 is 5.69 Å². The summed E-state index contributed by atoms with van der Waals surface area (Å²) in [5.41, 5.74) is 0.491. The highest BCUT2D eigenvalue weighted by molar-refractivity contribution is 5.10. The van der Waals surface area contributed by atoms with E-state index in [0.29, 0.717) is 5.92 Å². The zero-order chi connectivity index (χ0) is 11.0. The van der Waals surface area contributed by atoms with Gasteiger partial charge in [-0.1, -0.05) is 12.8 Å². The van der Waals surface area contributed by atoms with Crippen molar-refractivity contribution in [3.05, 3.63) is 32.6 Å². The molecule has 1 fully saturated rings. The van der Waals surface area contributed by atoms with E-state index in [1.165, 1.54) is 19.9 Å². The van der Waals surface area contributed by atoms with Gasteiger partial charge in [-0.15, -0.1) is 0 Å². The molecule has 1 saturated carbocycles. The number of aromatic nitrogens is 2. The molecule has 0 aromatic carbocycles. The Morgan fingerprint density at radius 1 is 1.13 bits per heavy atom. The van der Waals surface area contributed by atoms with Gasteiger partial charge in [0.05, 0.1) is 0 Å². The SMILES string of the molecule is Cn1c(C2CCCC2)cc(=O)n(C)c1=O. The van der Waals surface area contributed by atoms with E-state index in [9.17, 15) is 9.59 Å². The van der Waals surface area contributed by atoms with Crippen LogP contribution < -0.4 is 11.2 Å². The molecule has 82 valence electrons. The summed E-state index contributed by atoms with van der Waals surface area (Å²) in [5, 5.41) is 0. The van der Waals surface area contributed by atoms with E-state index in [0.717, 1.165) is 23.1 Å². The van der Waals surface area contributed by atoms with Crippen molar-refractivity contribution in [1.82, 2.24) is 9.13 Å². The molecule has 0 spiro atoms. The van der Waals surface area contributed by atoms with Gasteiger partial charge in [-0.25, -0.2) is 4.79 Å². The van der Waals surface area contributed by atoms with Crippen molar-refractivity contribution >= 4 is 0 Å². The van der Waals surface area contributed by atoms with Gasteiger partial charge in [0.1, 0.15) is 0 Å². The summed E-state index contributed by atoms with van der Waals surface area (Å²) in [7, 11) is 3.26. The molecule has 0 amide bonds. The Labute approximate surface area is 88.2 Å². The van der Waals surface area contributed by atoms with Crippen LogP contribution in [0.4, 0.5) is 0 Å². The Hall–Kier alpha value is -1.32. The normalized spacial score (nSPS) is 17.2. The van der Waals surface area contributed by atoms with Gasteiger partial charge in [0.2, 0.25) is 0 Å². The van der Waals surface area contributed by atoms with Gasteiger partial charge in [-0.2, -0.15) is 0 Å². The monoisotopic (exact) mass is 208 g/mol. The summed E-state index contributed by atoms with van der Waals surface area (Å²) in [6, 6.07) is 1.61. The van der Waals surface area contributed by atoms with Crippen LogP contribution in [0.15, 0.2) is 15.7 Å².